The van der Waals surface area contributed by atoms with Gasteiger partial charge in [0.2, 0.25) is 0 Å². The fourth-order valence-electron chi connectivity index (χ4n) is 3.94. The molecule has 0 amide bonds. The maximum atomic E-state index is 6.14. The zero-order valence-electron chi connectivity index (χ0n) is 18.9. The Morgan fingerprint density at radius 3 is 2.88 bits per heavy atom. The molecule has 0 saturated carbocycles. The van der Waals surface area contributed by atoms with Crippen LogP contribution in [-0.4, -0.2) is 36.7 Å². The van der Waals surface area contributed by atoms with E-state index in [-0.39, 0.29) is 0 Å². The van der Waals surface area contributed by atoms with E-state index in [1.807, 2.05) is 19.2 Å². The number of nitrogens with two attached hydrogens (primary N) is 1. The molecule has 4 heterocycles. The van der Waals surface area contributed by atoms with Crippen molar-refractivity contribution in [3.05, 3.63) is 49.1 Å². The van der Waals surface area contributed by atoms with Gasteiger partial charge in [0.1, 0.15) is 12.1 Å². The van der Waals surface area contributed by atoms with Gasteiger partial charge in [-0.1, -0.05) is 25.6 Å². The molecule has 0 saturated heterocycles. The Balaban J connectivity index is 1.58. The minimum atomic E-state index is 0.394. The van der Waals surface area contributed by atoms with Crippen molar-refractivity contribution in [2.24, 2.45) is 7.05 Å². The van der Waals surface area contributed by atoms with Crippen LogP contribution < -0.4 is 11.1 Å². The normalized spacial score (nSPS) is 11.9. The van der Waals surface area contributed by atoms with Crippen LogP contribution in [0, 0.1) is 0 Å². The van der Waals surface area contributed by atoms with Crippen LogP contribution >= 0.6 is 11.8 Å². The zero-order chi connectivity index (χ0) is 22.9. The average Bonchev–Trinajstić information content (AvgIpc) is 3.52. The molecule has 1 aromatic carbocycles. The second-order valence-corrected chi connectivity index (χ2v) is 9.36. The highest BCUT2D eigenvalue weighted by molar-refractivity contribution is 7.99. The Kier molecular flexibility index (Phi) is 5.82. The summed E-state index contributed by atoms with van der Waals surface area (Å²) in [6.45, 7) is 5.99. The number of hydrogen-bond acceptors (Lipinski definition) is 7. The highest BCUT2D eigenvalue weighted by atomic mass is 32.2. The minimum Gasteiger partial charge on any atom is -0.464 e. The fraction of sp³-hybridized carbons (Fsp3) is 0.292. The molecule has 9 heteroatoms. The molecule has 5 aromatic rings. The van der Waals surface area contributed by atoms with E-state index in [0.29, 0.717) is 17.4 Å². The Bertz CT molecular complexity index is 1400. The van der Waals surface area contributed by atoms with Crippen LogP contribution in [0.4, 0.5) is 5.82 Å². The molecule has 0 unspecified atom stereocenters. The summed E-state index contributed by atoms with van der Waals surface area (Å²) in [7, 11) is 2.05. The van der Waals surface area contributed by atoms with E-state index in [9.17, 15) is 0 Å². The van der Waals surface area contributed by atoms with Gasteiger partial charge in [-0.2, -0.15) is 0 Å². The van der Waals surface area contributed by atoms with Gasteiger partial charge in [-0.05, 0) is 43.3 Å². The van der Waals surface area contributed by atoms with Gasteiger partial charge in [-0.3, -0.25) is 0 Å². The van der Waals surface area contributed by atoms with Crippen LogP contribution in [0.25, 0.3) is 33.4 Å². The lowest BCUT2D eigenvalue weighted by Crippen LogP contribution is -2.24. The highest BCUT2D eigenvalue weighted by Gasteiger charge is 2.19. The van der Waals surface area contributed by atoms with Gasteiger partial charge in [0, 0.05) is 47.2 Å². The summed E-state index contributed by atoms with van der Waals surface area (Å²) in [5.41, 5.74) is 9.71. The van der Waals surface area contributed by atoms with Crippen molar-refractivity contribution in [3.63, 3.8) is 0 Å². The lowest BCUT2D eigenvalue weighted by atomic mass is 10.1. The van der Waals surface area contributed by atoms with Crippen LogP contribution in [0.5, 0.6) is 0 Å². The van der Waals surface area contributed by atoms with Crippen LogP contribution in [0.15, 0.2) is 63.6 Å². The molecule has 170 valence electrons. The van der Waals surface area contributed by atoms with E-state index in [2.05, 4.69) is 62.7 Å². The van der Waals surface area contributed by atoms with Crippen molar-refractivity contribution in [3.8, 4) is 11.3 Å². The van der Waals surface area contributed by atoms with Gasteiger partial charge < -0.3 is 24.6 Å². The van der Waals surface area contributed by atoms with E-state index in [4.69, 9.17) is 15.1 Å². The van der Waals surface area contributed by atoms with E-state index >= 15 is 0 Å². The number of anilines is 1. The maximum absolute atomic E-state index is 6.14. The smallest absolute Gasteiger partial charge is 0.175 e. The Labute approximate surface area is 196 Å². The number of benzene rings is 1. The van der Waals surface area contributed by atoms with Gasteiger partial charge in [0.05, 0.1) is 6.26 Å². The SMILES string of the molecule is CC(C)NCCCn1c(Sc2cc3ccn(C)c3cc2-c2ccco2)nc2c(N)ncnc21. The predicted octanol–water partition coefficient (Wildman–Crippen LogP) is 4.70. The van der Waals surface area contributed by atoms with Gasteiger partial charge in [0.25, 0.3) is 0 Å². The Hall–Kier alpha value is -3.30. The number of rotatable bonds is 8. The lowest BCUT2D eigenvalue weighted by Gasteiger charge is -2.12. The van der Waals surface area contributed by atoms with Gasteiger partial charge in [-0.15, -0.1) is 0 Å². The molecule has 33 heavy (non-hydrogen) atoms. The topological polar surface area (TPSA) is 99.7 Å². The third-order valence-electron chi connectivity index (χ3n) is 5.61. The van der Waals surface area contributed by atoms with Crippen molar-refractivity contribution < 1.29 is 4.42 Å². The fourth-order valence-corrected chi connectivity index (χ4v) is 5.02. The van der Waals surface area contributed by atoms with Crippen molar-refractivity contribution in [1.29, 1.82) is 0 Å². The maximum Gasteiger partial charge on any atom is 0.175 e. The molecular weight excluding hydrogens is 434 g/mol. The second-order valence-electron chi connectivity index (χ2n) is 8.35. The quantitative estimate of drug-likeness (QED) is 0.323. The molecule has 0 aliphatic carbocycles. The molecule has 0 atom stereocenters. The number of imidazole rings is 1. The number of nitrogens with one attached hydrogen (secondary N) is 1. The van der Waals surface area contributed by atoms with Gasteiger partial charge in [-0.25, -0.2) is 15.0 Å². The van der Waals surface area contributed by atoms with Crippen LogP contribution in [0.3, 0.4) is 0 Å². The third kappa shape index (κ3) is 4.21. The molecule has 4 aromatic heterocycles. The van der Waals surface area contributed by atoms with Crippen molar-refractivity contribution in [2.75, 3.05) is 12.3 Å². The number of fused-ring (bicyclic) bond motifs is 2. The summed E-state index contributed by atoms with van der Waals surface area (Å²) in [6.07, 6.45) is 6.22. The number of furan rings is 1. The van der Waals surface area contributed by atoms with E-state index in [0.717, 1.165) is 52.0 Å². The number of hydrogen-bond donors (Lipinski definition) is 2. The van der Waals surface area contributed by atoms with E-state index < -0.39 is 0 Å². The summed E-state index contributed by atoms with van der Waals surface area (Å²) < 4.78 is 10.0. The minimum absolute atomic E-state index is 0.394. The van der Waals surface area contributed by atoms with E-state index in [1.54, 1.807) is 18.0 Å². The molecular formula is C24H27N7OS. The summed E-state index contributed by atoms with van der Waals surface area (Å²) in [5, 5.41) is 5.48. The third-order valence-corrected chi connectivity index (χ3v) is 6.66. The van der Waals surface area contributed by atoms with Crippen molar-refractivity contribution >= 4 is 39.6 Å². The molecule has 3 N–H and O–H groups in total. The number of aryl methyl sites for hydroxylation is 2. The Morgan fingerprint density at radius 1 is 1.21 bits per heavy atom. The van der Waals surface area contributed by atoms with Crippen molar-refractivity contribution in [1.82, 2.24) is 29.4 Å². The summed E-state index contributed by atoms with van der Waals surface area (Å²) in [6, 6.07) is 10.8. The monoisotopic (exact) mass is 461 g/mol. The van der Waals surface area contributed by atoms with Crippen LogP contribution in [0.1, 0.15) is 20.3 Å². The molecule has 0 bridgehead atoms. The standard InChI is InChI=1S/C24H27N7OS/c1-15(2)26-8-5-9-31-23-21(22(25)27-14-28-23)29-24(31)33-20-12-16-7-10-30(3)18(16)13-17(20)19-6-4-11-32-19/h4,6-7,10-15,26H,5,8-9H2,1-3H3,(H2,25,27,28). The van der Waals surface area contributed by atoms with Gasteiger partial charge >= 0.3 is 0 Å². The first-order valence-corrected chi connectivity index (χ1v) is 11.8. The lowest BCUT2D eigenvalue weighted by molar-refractivity contribution is 0.525. The number of nitrogens with zero attached hydrogens (tertiary/aromatic N) is 5. The Morgan fingerprint density at radius 2 is 2.09 bits per heavy atom. The molecule has 5 rings (SSSR count). The zero-order valence-corrected chi connectivity index (χ0v) is 19.8. The summed E-state index contributed by atoms with van der Waals surface area (Å²) in [4.78, 5) is 14.6. The molecule has 8 nitrogen and oxygen atoms in total. The molecule has 0 aliphatic rings. The van der Waals surface area contributed by atoms with Crippen molar-refractivity contribution in [2.45, 2.75) is 42.9 Å². The highest BCUT2D eigenvalue weighted by Crippen LogP contribution is 2.40. The molecule has 0 radical (unpaired) electrons. The first kappa shape index (κ1) is 21.5. The molecule has 0 aliphatic heterocycles. The summed E-state index contributed by atoms with van der Waals surface area (Å²) >= 11 is 1.60. The number of aromatic nitrogens is 5. The predicted molar refractivity (Wildman–Crippen MR) is 132 cm³/mol. The van der Waals surface area contributed by atoms with E-state index in [1.165, 1.54) is 11.7 Å². The summed E-state index contributed by atoms with van der Waals surface area (Å²) in [5.74, 6) is 1.22. The molecule has 0 fully saturated rings. The largest absolute Gasteiger partial charge is 0.464 e. The van der Waals surface area contributed by atoms with Crippen LogP contribution in [-0.2, 0) is 13.6 Å². The molecule has 0 spiro atoms. The van der Waals surface area contributed by atoms with Gasteiger partial charge in [0.15, 0.2) is 22.1 Å². The first-order chi connectivity index (χ1) is 16.0. The first-order valence-electron chi connectivity index (χ1n) is 11.0. The number of nitrogen functional groups attached to an aromatic ring is 1. The second kappa shape index (κ2) is 8.92. The average molecular weight is 462 g/mol. The van der Waals surface area contributed by atoms with Crippen LogP contribution in [0.2, 0.25) is 0 Å².